The van der Waals surface area contributed by atoms with E-state index in [1.807, 2.05) is 13.8 Å². The van der Waals surface area contributed by atoms with Crippen molar-refractivity contribution in [2.24, 2.45) is 7.05 Å². The molecule has 1 amide bonds. The molecule has 0 bridgehead atoms. The molecule has 152 valence electrons. The van der Waals surface area contributed by atoms with Gasteiger partial charge < -0.3 is 10.1 Å². The van der Waals surface area contributed by atoms with Crippen LogP contribution in [0, 0.1) is 0 Å². The minimum absolute atomic E-state index is 0.0213. The van der Waals surface area contributed by atoms with E-state index in [0.717, 1.165) is 11.1 Å². The van der Waals surface area contributed by atoms with Gasteiger partial charge in [-0.3, -0.25) is 9.59 Å². The molecule has 0 unspecified atom stereocenters. The number of fused-ring (bicyclic) bond motifs is 1. The van der Waals surface area contributed by atoms with Crippen LogP contribution in [0.3, 0.4) is 0 Å². The molecule has 9 heteroatoms. The zero-order valence-corrected chi connectivity index (χ0v) is 16.7. The quantitative estimate of drug-likeness (QED) is 0.640. The third kappa shape index (κ3) is 4.03. The summed E-state index contributed by atoms with van der Waals surface area (Å²) >= 11 is 0. The molecule has 3 rings (SSSR count). The molecule has 29 heavy (non-hydrogen) atoms. The SMILES string of the molecule is CC[C@@H](C)n1nccc1NC(=O)[C@@H](C)OC(=O)c1nn(C)c(=O)c2ccccc12. The fraction of sp³-hybridized carbons (Fsp3) is 0.350. The number of hydrogen-bond acceptors (Lipinski definition) is 6. The molecule has 1 aromatic carbocycles. The zero-order valence-electron chi connectivity index (χ0n) is 16.7. The summed E-state index contributed by atoms with van der Waals surface area (Å²) in [5.41, 5.74) is -0.340. The molecule has 0 radical (unpaired) electrons. The van der Waals surface area contributed by atoms with Crippen molar-refractivity contribution in [3.05, 3.63) is 52.6 Å². The van der Waals surface area contributed by atoms with Crippen molar-refractivity contribution in [3.8, 4) is 0 Å². The Morgan fingerprint density at radius 3 is 2.55 bits per heavy atom. The van der Waals surface area contributed by atoms with Crippen LogP contribution >= 0.6 is 0 Å². The number of nitrogens with zero attached hydrogens (tertiary/aromatic N) is 4. The summed E-state index contributed by atoms with van der Waals surface area (Å²) in [7, 11) is 1.46. The number of carbonyl (C=O) groups is 2. The van der Waals surface area contributed by atoms with Crippen molar-refractivity contribution in [1.82, 2.24) is 19.6 Å². The van der Waals surface area contributed by atoms with Crippen LogP contribution in [0.15, 0.2) is 41.3 Å². The summed E-state index contributed by atoms with van der Waals surface area (Å²) in [5.74, 6) is -0.745. The largest absolute Gasteiger partial charge is 0.448 e. The number of amides is 1. The van der Waals surface area contributed by atoms with E-state index in [2.05, 4.69) is 15.5 Å². The first-order valence-corrected chi connectivity index (χ1v) is 9.34. The number of anilines is 1. The van der Waals surface area contributed by atoms with Gasteiger partial charge in [0.25, 0.3) is 11.5 Å². The Balaban J connectivity index is 1.79. The monoisotopic (exact) mass is 397 g/mol. The Morgan fingerprint density at radius 1 is 1.17 bits per heavy atom. The summed E-state index contributed by atoms with van der Waals surface area (Å²) in [6, 6.07) is 8.43. The first kappa shape index (κ1) is 20.2. The van der Waals surface area contributed by atoms with E-state index in [0.29, 0.717) is 16.6 Å². The van der Waals surface area contributed by atoms with E-state index in [1.54, 1.807) is 41.2 Å². The molecular formula is C20H23N5O4. The maximum Gasteiger partial charge on any atom is 0.360 e. The third-order valence-corrected chi connectivity index (χ3v) is 4.73. The molecule has 0 aliphatic carbocycles. The lowest BCUT2D eigenvalue weighted by Crippen LogP contribution is -2.32. The maximum absolute atomic E-state index is 12.7. The first-order chi connectivity index (χ1) is 13.8. The number of ether oxygens (including phenoxy) is 1. The fourth-order valence-electron chi connectivity index (χ4n) is 2.89. The summed E-state index contributed by atoms with van der Waals surface area (Å²) < 4.78 is 8.10. The average molecular weight is 397 g/mol. The van der Waals surface area contributed by atoms with Gasteiger partial charge in [0.05, 0.1) is 17.6 Å². The van der Waals surface area contributed by atoms with E-state index in [9.17, 15) is 14.4 Å². The van der Waals surface area contributed by atoms with Gasteiger partial charge in [0.15, 0.2) is 11.8 Å². The molecule has 0 aliphatic rings. The molecule has 2 heterocycles. The van der Waals surface area contributed by atoms with Gasteiger partial charge in [0.1, 0.15) is 5.82 Å². The number of carbonyl (C=O) groups excluding carboxylic acids is 2. The molecule has 1 N–H and O–H groups in total. The maximum atomic E-state index is 12.7. The number of aromatic nitrogens is 4. The van der Waals surface area contributed by atoms with Crippen LogP contribution in [-0.2, 0) is 16.6 Å². The van der Waals surface area contributed by atoms with E-state index in [-0.39, 0.29) is 17.3 Å². The third-order valence-electron chi connectivity index (χ3n) is 4.73. The molecule has 2 atom stereocenters. The smallest absolute Gasteiger partial charge is 0.360 e. The van der Waals surface area contributed by atoms with Gasteiger partial charge in [-0.1, -0.05) is 25.1 Å². The van der Waals surface area contributed by atoms with Crippen molar-refractivity contribution in [2.45, 2.75) is 39.3 Å². The van der Waals surface area contributed by atoms with Gasteiger partial charge in [-0.15, -0.1) is 0 Å². The van der Waals surface area contributed by atoms with Crippen LogP contribution in [0.4, 0.5) is 5.82 Å². The summed E-state index contributed by atoms with van der Waals surface area (Å²) in [4.78, 5) is 37.4. The first-order valence-electron chi connectivity index (χ1n) is 9.34. The molecule has 0 aliphatic heterocycles. The summed E-state index contributed by atoms with van der Waals surface area (Å²) in [6.07, 6.45) is 1.38. The highest BCUT2D eigenvalue weighted by molar-refractivity contribution is 6.03. The minimum Gasteiger partial charge on any atom is -0.448 e. The second kappa shape index (κ2) is 8.26. The lowest BCUT2D eigenvalue weighted by molar-refractivity contribution is -0.123. The van der Waals surface area contributed by atoms with Crippen LogP contribution in [-0.4, -0.2) is 37.5 Å². The lowest BCUT2D eigenvalue weighted by atomic mass is 10.1. The zero-order chi connectivity index (χ0) is 21.1. The van der Waals surface area contributed by atoms with E-state index in [1.165, 1.54) is 14.0 Å². The average Bonchev–Trinajstić information content (AvgIpc) is 3.18. The second-order valence-electron chi connectivity index (χ2n) is 6.78. The van der Waals surface area contributed by atoms with Crippen molar-refractivity contribution < 1.29 is 14.3 Å². The number of rotatable bonds is 6. The van der Waals surface area contributed by atoms with E-state index >= 15 is 0 Å². The van der Waals surface area contributed by atoms with E-state index in [4.69, 9.17) is 4.74 Å². The number of nitrogens with one attached hydrogen (secondary N) is 1. The Labute approximate surface area is 167 Å². The number of aryl methyl sites for hydroxylation is 1. The highest BCUT2D eigenvalue weighted by Crippen LogP contribution is 2.18. The molecule has 0 spiro atoms. The molecule has 0 saturated carbocycles. The Bertz CT molecular complexity index is 1120. The molecule has 0 fully saturated rings. The highest BCUT2D eigenvalue weighted by Gasteiger charge is 2.24. The predicted molar refractivity (Wildman–Crippen MR) is 108 cm³/mol. The van der Waals surface area contributed by atoms with Gasteiger partial charge in [-0.05, 0) is 26.3 Å². The molecule has 3 aromatic rings. The molecule has 9 nitrogen and oxygen atoms in total. The normalized spacial score (nSPS) is 13.1. The summed E-state index contributed by atoms with van der Waals surface area (Å²) in [6.45, 7) is 5.48. The number of benzene rings is 1. The van der Waals surface area contributed by atoms with Crippen molar-refractivity contribution >= 4 is 28.5 Å². The Kier molecular flexibility index (Phi) is 5.76. The van der Waals surface area contributed by atoms with Crippen LogP contribution in [0.25, 0.3) is 10.8 Å². The standard InChI is InChI=1S/C20H23N5O4/c1-5-12(2)25-16(10-11-21-25)22-18(26)13(3)29-20(28)17-14-8-6-7-9-15(14)19(27)24(4)23-17/h6-13H,5H2,1-4H3,(H,22,26)/t12-,13-/m1/s1. The van der Waals surface area contributed by atoms with Gasteiger partial charge in [0.2, 0.25) is 0 Å². The Morgan fingerprint density at radius 2 is 1.86 bits per heavy atom. The molecule has 2 aromatic heterocycles. The predicted octanol–water partition coefficient (Wildman–Crippen LogP) is 2.28. The van der Waals surface area contributed by atoms with Crippen LogP contribution in [0.2, 0.25) is 0 Å². The Hall–Kier alpha value is -3.49. The van der Waals surface area contributed by atoms with Gasteiger partial charge in [-0.2, -0.15) is 10.2 Å². The van der Waals surface area contributed by atoms with Crippen molar-refractivity contribution in [3.63, 3.8) is 0 Å². The van der Waals surface area contributed by atoms with Crippen LogP contribution in [0.1, 0.15) is 43.7 Å². The summed E-state index contributed by atoms with van der Waals surface area (Å²) in [5, 5.41) is 11.7. The second-order valence-corrected chi connectivity index (χ2v) is 6.78. The lowest BCUT2D eigenvalue weighted by Gasteiger charge is -2.17. The van der Waals surface area contributed by atoms with Gasteiger partial charge in [-0.25, -0.2) is 14.2 Å². The highest BCUT2D eigenvalue weighted by atomic mass is 16.5. The van der Waals surface area contributed by atoms with Crippen LogP contribution < -0.4 is 10.9 Å². The van der Waals surface area contributed by atoms with Gasteiger partial charge >= 0.3 is 5.97 Å². The fourth-order valence-corrected chi connectivity index (χ4v) is 2.89. The molecular weight excluding hydrogens is 374 g/mol. The minimum atomic E-state index is -1.07. The topological polar surface area (TPSA) is 108 Å². The number of hydrogen-bond donors (Lipinski definition) is 1. The van der Waals surface area contributed by atoms with Crippen molar-refractivity contribution in [1.29, 1.82) is 0 Å². The molecule has 0 saturated heterocycles. The van der Waals surface area contributed by atoms with Crippen LogP contribution in [0.5, 0.6) is 0 Å². The van der Waals surface area contributed by atoms with Gasteiger partial charge in [0, 0.05) is 18.5 Å². The van der Waals surface area contributed by atoms with Crippen molar-refractivity contribution in [2.75, 3.05) is 5.32 Å². The number of esters is 1. The van der Waals surface area contributed by atoms with E-state index < -0.39 is 18.0 Å².